The van der Waals surface area contributed by atoms with Gasteiger partial charge >= 0.3 is 11.9 Å². The topological polar surface area (TPSA) is 69.7 Å². The Balaban J connectivity index is 2.06. The summed E-state index contributed by atoms with van der Waals surface area (Å²) >= 11 is 0. The van der Waals surface area contributed by atoms with Crippen molar-refractivity contribution in [2.24, 2.45) is 0 Å². The van der Waals surface area contributed by atoms with E-state index in [1.165, 1.54) is 6.08 Å². The highest BCUT2D eigenvalue weighted by molar-refractivity contribution is 5.91. The van der Waals surface area contributed by atoms with Crippen molar-refractivity contribution in [3.63, 3.8) is 0 Å². The fourth-order valence-electron chi connectivity index (χ4n) is 1.95. The lowest BCUT2D eigenvalue weighted by Gasteiger charge is -2.20. The van der Waals surface area contributed by atoms with Crippen LogP contribution in [0.1, 0.15) is 20.7 Å². The van der Waals surface area contributed by atoms with Crippen molar-refractivity contribution in [2.75, 3.05) is 0 Å². The van der Waals surface area contributed by atoms with Crippen LogP contribution >= 0.6 is 0 Å². The van der Waals surface area contributed by atoms with Crippen LogP contribution in [0.5, 0.6) is 0 Å². The predicted octanol–water partition coefficient (Wildman–Crippen LogP) is 2.82. The molecule has 0 aliphatic carbocycles. The molecule has 0 unspecified atom stereocenters. The molecule has 0 spiro atoms. The smallest absolute Gasteiger partial charge is 0.338 e. The summed E-state index contributed by atoms with van der Waals surface area (Å²) in [6.45, 7) is 3.53. The maximum absolute atomic E-state index is 12.1. The molecule has 2 atom stereocenters. The quantitative estimate of drug-likeness (QED) is 0.445. The Labute approximate surface area is 139 Å². The van der Waals surface area contributed by atoms with Crippen molar-refractivity contribution in [3.8, 4) is 0 Å². The van der Waals surface area contributed by atoms with E-state index in [1.807, 2.05) is 0 Å². The van der Waals surface area contributed by atoms with Gasteiger partial charge in [0.15, 0.2) is 18.5 Å². The molecule has 2 rings (SSSR count). The standard InChI is InChI=1S/C19H16O5/c1-2-16(23-18(21)14-9-5-3-6-10-14)17(13-20)24-19(22)15-11-7-4-8-12-15/h2-13,16-17H,1H2/t16-,17-/m1/s1. The van der Waals surface area contributed by atoms with Crippen LogP contribution in [0.25, 0.3) is 0 Å². The SMILES string of the molecule is C=C[C@@H](OC(=O)c1ccccc1)[C@@H](C=O)OC(=O)c1ccccc1. The van der Waals surface area contributed by atoms with Crippen LogP contribution in [0.2, 0.25) is 0 Å². The zero-order valence-corrected chi connectivity index (χ0v) is 12.8. The molecule has 0 radical (unpaired) electrons. The Morgan fingerprint density at radius 3 is 1.58 bits per heavy atom. The minimum atomic E-state index is -1.28. The van der Waals surface area contributed by atoms with Crippen molar-refractivity contribution in [2.45, 2.75) is 12.2 Å². The van der Waals surface area contributed by atoms with Gasteiger partial charge in [-0.05, 0) is 30.3 Å². The molecule has 0 N–H and O–H groups in total. The molecule has 122 valence electrons. The molecule has 0 fully saturated rings. The Kier molecular flexibility index (Phi) is 6.02. The highest BCUT2D eigenvalue weighted by Gasteiger charge is 2.27. The van der Waals surface area contributed by atoms with Gasteiger partial charge in [0, 0.05) is 0 Å². The first-order valence-corrected chi connectivity index (χ1v) is 7.25. The van der Waals surface area contributed by atoms with Gasteiger partial charge in [0.2, 0.25) is 0 Å². The van der Waals surface area contributed by atoms with Crippen LogP contribution in [0.3, 0.4) is 0 Å². The van der Waals surface area contributed by atoms with Crippen LogP contribution < -0.4 is 0 Å². The van der Waals surface area contributed by atoms with E-state index in [9.17, 15) is 14.4 Å². The first-order valence-electron chi connectivity index (χ1n) is 7.25. The van der Waals surface area contributed by atoms with E-state index in [4.69, 9.17) is 9.47 Å². The van der Waals surface area contributed by atoms with Crippen molar-refractivity contribution in [1.29, 1.82) is 0 Å². The fourth-order valence-corrected chi connectivity index (χ4v) is 1.95. The van der Waals surface area contributed by atoms with E-state index in [1.54, 1.807) is 60.7 Å². The molecule has 5 nitrogen and oxygen atoms in total. The van der Waals surface area contributed by atoms with Gasteiger partial charge in [0.05, 0.1) is 11.1 Å². The van der Waals surface area contributed by atoms with Gasteiger partial charge in [-0.1, -0.05) is 43.0 Å². The second-order valence-corrected chi connectivity index (χ2v) is 4.84. The zero-order chi connectivity index (χ0) is 17.4. The minimum Gasteiger partial charge on any atom is -0.450 e. The number of hydrogen-bond donors (Lipinski definition) is 0. The van der Waals surface area contributed by atoms with Crippen LogP contribution in [-0.2, 0) is 14.3 Å². The Hall–Kier alpha value is -3.21. The molecule has 0 saturated carbocycles. The molecule has 24 heavy (non-hydrogen) atoms. The summed E-state index contributed by atoms with van der Waals surface area (Å²) in [5.74, 6) is -1.32. The monoisotopic (exact) mass is 324 g/mol. The highest BCUT2D eigenvalue weighted by Crippen LogP contribution is 2.11. The number of hydrogen-bond acceptors (Lipinski definition) is 5. The van der Waals surface area contributed by atoms with E-state index in [2.05, 4.69) is 6.58 Å². The van der Waals surface area contributed by atoms with Crippen LogP contribution in [0.4, 0.5) is 0 Å². The molecule has 0 heterocycles. The molecule has 0 saturated heterocycles. The Bertz CT molecular complexity index is 646. The number of benzene rings is 2. The third kappa shape index (κ3) is 4.39. The van der Waals surface area contributed by atoms with Crippen LogP contribution in [0.15, 0.2) is 73.3 Å². The van der Waals surface area contributed by atoms with Gasteiger partial charge in [-0.25, -0.2) is 9.59 Å². The Morgan fingerprint density at radius 2 is 1.21 bits per heavy atom. The van der Waals surface area contributed by atoms with Crippen molar-refractivity contribution < 1.29 is 23.9 Å². The summed E-state index contributed by atoms with van der Waals surface area (Å²) in [5, 5.41) is 0. The summed E-state index contributed by atoms with van der Waals surface area (Å²) in [4.78, 5) is 35.4. The second-order valence-electron chi connectivity index (χ2n) is 4.84. The molecule has 0 amide bonds. The largest absolute Gasteiger partial charge is 0.450 e. The summed E-state index contributed by atoms with van der Waals surface area (Å²) < 4.78 is 10.3. The summed E-state index contributed by atoms with van der Waals surface area (Å²) in [6, 6.07) is 16.5. The van der Waals surface area contributed by atoms with Crippen LogP contribution in [-0.4, -0.2) is 30.4 Å². The van der Waals surface area contributed by atoms with Gasteiger partial charge in [0.1, 0.15) is 0 Å². The third-order valence-corrected chi connectivity index (χ3v) is 3.20. The van der Waals surface area contributed by atoms with Gasteiger partial charge in [-0.2, -0.15) is 0 Å². The maximum Gasteiger partial charge on any atom is 0.338 e. The number of carbonyl (C=O) groups excluding carboxylic acids is 3. The van der Waals surface area contributed by atoms with E-state index in [0.29, 0.717) is 17.4 Å². The van der Waals surface area contributed by atoms with Crippen LogP contribution in [0, 0.1) is 0 Å². The molecule has 0 aromatic heterocycles. The van der Waals surface area contributed by atoms with Gasteiger partial charge < -0.3 is 9.47 Å². The maximum atomic E-state index is 12.1. The fraction of sp³-hybridized carbons (Fsp3) is 0.105. The normalized spacial score (nSPS) is 12.5. The van der Waals surface area contributed by atoms with Crippen molar-refractivity contribution in [1.82, 2.24) is 0 Å². The molecule has 2 aromatic rings. The predicted molar refractivity (Wildman–Crippen MR) is 87.6 cm³/mol. The number of esters is 2. The van der Waals surface area contributed by atoms with E-state index in [-0.39, 0.29) is 0 Å². The number of ether oxygens (including phenoxy) is 2. The summed E-state index contributed by atoms with van der Waals surface area (Å²) in [5.41, 5.74) is 0.616. The molecule has 0 aliphatic heterocycles. The molecule has 0 aliphatic rings. The van der Waals surface area contributed by atoms with E-state index < -0.39 is 24.1 Å². The highest BCUT2D eigenvalue weighted by atomic mass is 16.6. The molecule has 2 aromatic carbocycles. The molecular formula is C19H16O5. The summed E-state index contributed by atoms with van der Waals surface area (Å²) in [7, 11) is 0. The van der Waals surface area contributed by atoms with E-state index >= 15 is 0 Å². The Morgan fingerprint density at radius 1 is 0.792 bits per heavy atom. The zero-order valence-electron chi connectivity index (χ0n) is 12.8. The lowest BCUT2D eigenvalue weighted by molar-refractivity contribution is -0.119. The van der Waals surface area contributed by atoms with Gasteiger partial charge in [-0.15, -0.1) is 0 Å². The number of aldehydes is 1. The van der Waals surface area contributed by atoms with E-state index in [0.717, 1.165) is 0 Å². The van der Waals surface area contributed by atoms with Gasteiger partial charge in [-0.3, -0.25) is 4.79 Å². The molecule has 5 heteroatoms. The molecule has 0 bridgehead atoms. The van der Waals surface area contributed by atoms with Crippen molar-refractivity contribution in [3.05, 3.63) is 84.4 Å². The number of rotatable bonds is 7. The minimum absolute atomic E-state index is 0.293. The average molecular weight is 324 g/mol. The first kappa shape index (κ1) is 17.1. The third-order valence-electron chi connectivity index (χ3n) is 3.20. The average Bonchev–Trinajstić information content (AvgIpc) is 2.65. The lowest BCUT2D eigenvalue weighted by Crippen LogP contribution is -2.35. The lowest BCUT2D eigenvalue weighted by atomic mass is 10.2. The number of carbonyl (C=O) groups is 3. The van der Waals surface area contributed by atoms with Crippen molar-refractivity contribution >= 4 is 18.2 Å². The molecular weight excluding hydrogens is 308 g/mol. The summed E-state index contributed by atoms with van der Waals surface area (Å²) in [6.07, 6.45) is -0.699. The first-order chi connectivity index (χ1) is 11.7. The van der Waals surface area contributed by atoms with Gasteiger partial charge in [0.25, 0.3) is 0 Å². The second kappa shape index (κ2) is 8.43.